The number of imidazole rings is 1. The Bertz CT molecular complexity index is 955. The predicted molar refractivity (Wildman–Crippen MR) is 106 cm³/mol. The molecule has 2 heterocycles. The average molecular weight is 382 g/mol. The molecule has 0 aliphatic carbocycles. The third-order valence-corrected chi connectivity index (χ3v) is 4.35. The SMILES string of the molecule is CCc1nccn1CCCNC(=O)c1cc(F)cc(-c2nccnc2NC)c1. The lowest BCUT2D eigenvalue weighted by molar-refractivity contribution is 0.0952. The number of benzene rings is 1. The van der Waals surface area contributed by atoms with Crippen molar-refractivity contribution >= 4 is 11.7 Å². The van der Waals surface area contributed by atoms with E-state index in [9.17, 15) is 9.18 Å². The number of nitrogens with one attached hydrogen (secondary N) is 2. The van der Waals surface area contributed by atoms with Crippen molar-refractivity contribution in [3.8, 4) is 11.3 Å². The van der Waals surface area contributed by atoms with Crippen LogP contribution in [-0.4, -0.2) is 39.0 Å². The lowest BCUT2D eigenvalue weighted by atomic mass is 10.1. The Morgan fingerprint density at radius 1 is 1.14 bits per heavy atom. The minimum absolute atomic E-state index is 0.250. The van der Waals surface area contributed by atoms with Gasteiger partial charge < -0.3 is 15.2 Å². The monoisotopic (exact) mass is 382 g/mol. The van der Waals surface area contributed by atoms with Crippen molar-refractivity contribution in [2.75, 3.05) is 18.9 Å². The van der Waals surface area contributed by atoms with Crippen LogP contribution in [-0.2, 0) is 13.0 Å². The Balaban J connectivity index is 1.66. The van der Waals surface area contributed by atoms with Crippen LogP contribution in [0.3, 0.4) is 0 Å². The van der Waals surface area contributed by atoms with Gasteiger partial charge in [-0.15, -0.1) is 0 Å². The molecule has 1 aromatic carbocycles. The standard InChI is InChI=1S/C20H23FN6O/c1-3-17-23-8-10-27(17)9-4-5-26-20(28)15-11-14(12-16(21)13-15)18-19(22-2)25-7-6-24-18/h6-8,10-13H,3-5,9H2,1-2H3,(H,22,25)(H,26,28). The summed E-state index contributed by atoms with van der Waals surface area (Å²) in [4.78, 5) is 25.2. The number of halogens is 1. The number of hydrogen-bond acceptors (Lipinski definition) is 5. The zero-order chi connectivity index (χ0) is 19.9. The zero-order valence-corrected chi connectivity index (χ0v) is 15.9. The van der Waals surface area contributed by atoms with Gasteiger partial charge in [-0.3, -0.25) is 9.78 Å². The molecule has 0 saturated heterocycles. The minimum atomic E-state index is -0.499. The Morgan fingerprint density at radius 2 is 1.96 bits per heavy atom. The van der Waals surface area contributed by atoms with Gasteiger partial charge in [-0.1, -0.05) is 6.92 Å². The first-order valence-corrected chi connectivity index (χ1v) is 9.20. The largest absolute Gasteiger partial charge is 0.371 e. The second-order valence-electron chi connectivity index (χ2n) is 6.23. The quantitative estimate of drug-likeness (QED) is 0.585. The Hall–Kier alpha value is -3.29. The van der Waals surface area contributed by atoms with Gasteiger partial charge in [0.15, 0.2) is 5.82 Å². The summed E-state index contributed by atoms with van der Waals surface area (Å²) in [5.74, 6) is 0.718. The van der Waals surface area contributed by atoms with Gasteiger partial charge in [0.1, 0.15) is 17.3 Å². The summed E-state index contributed by atoms with van der Waals surface area (Å²) in [7, 11) is 1.71. The molecule has 2 N–H and O–H groups in total. The first-order chi connectivity index (χ1) is 13.6. The van der Waals surface area contributed by atoms with Gasteiger partial charge in [0.25, 0.3) is 5.91 Å². The molecular formula is C20H23FN6O. The fourth-order valence-corrected chi connectivity index (χ4v) is 3.00. The lowest BCUT2D eigenvalue weighted by Gasteiger charge is -2.10. The van der Waals surface area contributed by atoms with Crippen LogP contribution in [0.1, 0.15) is 29.5 Å². The number of carbonyl (C=O) groups excluding carboxylic acids is 1. The van der Waals surface area contributed by atoms with Crippen molar-refractivity contribution in [1.29, 1.82) is 0 Å². The highest BCUT2D eigenvalue weighted by atomic mass is 19.1. The van der Waals surface area contributed by atoms with E-state index in [2.05, 4.69) is 37.1 Å². The normalized spacial score (nSPS) is 10.7. The maximum absolute atomic E-state index is 14.1. The van der Waals surface area contributed by atoms with Gasteiger partial charge in [0.05, 0.1) is 0 Å². The van der Waals surface area contributed by atoms with Crippen molar-refractivity contribution in [2.24, 2.45) is 0 Å². The Morgan fingerprint density at radius 3 is 2.75 bits per heavy atom. The van der Waals surface area contributed by atoms with Gasteiger partial charge in [-0.2, -0.15) is 0 Å². The summed E-state index contributed by atoms with van der Waals surface area (Å²) in [5.41, 5.74) is 1.24. The summed E-state index contributed by atoms with van der Waals surface area (Å²) < 4.78 is 16.2. The maximum atomic E-state index is 14.1. The lowest BCUT2D eigenvalue weighted by Crippen LogP contribution is -2.25. The Labute approximate surface area is 163 Å². The predicted octanol–water partition coefficient (Wildman–Crippen LogP) is 2.90. The first-order valence-electron chi connectivity index (χ1n) is 9.20. The van der Waals surface area contributed by atoms with Crippen molar-refractivity contribution in [2.45, 2.75) is 26.3 Å². The van der Waals surface area contributed by atoms with Crippen LogP contribution in [0.15, 0.2) is 43.0 Å². The van der Waals surface area contributed by atoms with Crippen LogP contribution < -0.4 is 10.6 Å². The van der Waals surface area contributed by atoms with Crippen molar-refractivity contribution in [3.05, 3.63) is 60.2 Å². The van der Waals surface area contributed by atoms with Crippen LogP contribution in [0.5, 0.6) is 0 Å². The Kier molecular flexibility index (Phi) is 6.31. The molecule has 8 heteroatoms. The second kappa shape index (κ2) is 9.07. The van der Waals surface area contributed by atoms with Gasteiger partial charge in [0.2, 0.25) is 0 Å². The number of rotatable bonds is 8. The molecule has 1 amide bonds. The van der Waals surface area contributed by atoms with Gasteiger partial charge in [-0.05, 0) is 24.6 Å². The molecule has 7 nitrogen and oxygen atoms in total. The van der Waals surface area contributed by atoms with E-state index in [1.807, 2.05) is 6.20 Å². The van der Waals surface area contributed by atoms with Crippen molar-refractivity contribution < 1.29 is 9.18 Å². The van der Waals surface area contributed by atoms with E-state index >= 15 is 0 Å². The number of hydrogen-bond donors (Lipinski definition) is 2. The number of nitrogens with zero attached hydrogens (tertiary/aromatic N) is 4. The summed E-state index contributed by atoms with van der Waals surface area (Å²) in [6.07, 6.45) is 8.40. The highest BCUT2D eigenvalue weighted by Crippen LogP contribution is 2.25. The number of anilines is 1. The molecule has 3 rings (SSSR count). The van der Waals surface area contributed by atoms with E-state index in [-0.39, 0.29) is 11.5 Å². The highest BCUT2D eigenvalue weighted by Gasteiger charge is 2.13. The molecule has 146 valence electrons. The molecule has 0 saturated carbocycles. The van der Waals surface area contributed by atoms with Crippen molar-refractivity contribution in [1.82, 2.24) is 24.8 Å². The van der Waals surface area contributed by atoms with Crippen LogP contribution in [0, 0.1) is 5.82 Å². The second-order valence-corrected chi connectivity index (χ2v) is 6.23. The van der Waals surface area contributed by atoms with Crippen LogP contribution in [0.4, 0.5) is 10.2 Å². The van der Waals surface area contributed by atoms with Crippen molar-refractivity contribution in [3.63, 3.8) is 0 Å². The van der Waals surface area contributed by atoms with E-state index in [0.717, 1.165) is 25.2 Å². The number of carbonyl (C=O) groups is 1. The molecule has 0 unspecified atom stereocenters. The summed E-state index contributed by atoms with van der Waals surface area (Å²) in [6, 6.07) is 4.18. The smallest absolute Gasteiger partial charge is 0.251 e. The molecule has 0 fully saturated rings. The molecule has 0 atom stereocenters. The minimum Gasteiger partial charge on any atom is -0.371 e. The van der Waals surface area contributed by atoms with E-state index in [0.29, 0.717) is 23.6 Å². The number of amides is 1. The number of aromatic nitrogens is 4. The summed E-state index contributed by atoms with van der Waals surface area (Å²) in [5, 5.41) is 5.77. The van der Waals surface area contributed by atoms with E-state index in [4.69, 9.17) is 0 Å². The molecule has 3 aromatic rings. The van der Waals surface area contributed by atoms with Crippen LogP contribution >= 0.6 is 0 Å². The van der Waals surface area contributed by atoms with Gasteiger partial charge in [0, 0.05) is 62.5 Å². The van der Waals surface area contributed by atoms with E-state index in [1.165, 1.54) is 18.3 Å². The van der Waals surface area contributed by atoms with E-state index < -0.39 is 5.82 Å². The molecule has 0 spiro atoms. The fourth-order valence-electron chi connectivity index (χ4n) is 3.00. The zero-order valence-electron chi connectivity index (χ0n) is 15.9. The van der Waals surface area contributed by atoms with Crippen LogP contribution in [0.2, 0.25) is 0 Å². The summed E-state index contributed by atoms with van der Waals surface area (Å²) >= 11 is 0. The summed E-state index contributed by atoms with van der Waals surface area (Å²) in [6.45, 7) is 3.31. The molecule has 0 bridgehead atoms. The van der Waals surface area contributed by atoms with Gasteiger partial charge in [-0.25, -0.2) is 14.4 Å². The molecular weight excluding hydrogens is 359 g/mol. The third-order valence-electron chi connectivity index (χ3n) is 4.35. The first kappa shape index (κ1) is 19.5. The van der Waals surface area contributed by atoms with Crippen LogP contribution in [0.25, 0.3) is 11.3 Å². The topological polar surface area (TPSA) is 84.7 Å². The molecule has 0 aliphatic heterocycles. The molecule has 0 aliphatic rings. The van der Waals surface area contributed by atoms with Gasteiger partial charge >= 0.3 is 0 Å². The molecule has 28 heavy (non-hydrogen) atoms. The fraction of sp³-hybridized carbons (Fsp3) is 0.300. The highest BCUT2D eigenvalue weighted by molar-refractivity contribution is 5.95. The third kappa shape index (κ3) is 4.51. The molecule has 0 radical (unpaired) electrons. The average Bonchev–Trinajstić information content (AvgIpc) is 3.18. The van der Waals surface area contributed by atoms with E-state index in [1.54, 1.807) is 25.5 Å². The maximum Gasteiger partial charge on any atom is 0.251 e. The number of aryl methyl sites for hydroxylation is 2. The molecule has 2 aromatic heterocycles.